The van der Waals surface area contributed by atoms with Gasteiger partial charge in [0.15, 0.2) is 0 Å². The maximum Gasteiger partial charge on any atom is 0.330 e. The minimum absolute atomic E-state index is 0.304. The molecule has 1 heterocycles. The van der Waals surface area contributed by atoms with Gasteiger partial charge >= 0.3 is 5.97 Å². The molecule has 1 aromatic carbocycles. The van der Waals surface area contributed by atoms with E-state index in [0.29, 0.717) is 12.6 Å². The van der Waals surface area contributed by atoms with Crippen LogP contribution in [0.1, 0.15) is 18.9 Å². The van der Waals surface area contributed by atoms with Gasteiger partial charge in [-0.15, -0.1) is 0 Å². The summed E-state index contributed by atoms with van der Waals surface area (Å²) in [7, 11) is 0. The van der Waals surface area contributed by atoms with Crippen molar-refractivity contribution in [3.05, 3.63) is 35.9 Å². The van der Waals surface area contributed by atoms with Crippen molar-refractivity contribution in [2.24, 2.45) is 0 Å². The first-order valence-corrected chi connectivity index (χ1v) is 6.70. The molecule has 1 fully saturated rings. The quantitative estimate of drug-likeness (QED) is 0.628. The molecule has 1 aromatic rings. The molecule has 0 bridgehead atoms. The van der Waals surface area contributed by atoms with Crippen LogP contribution < -0.4 is 10.6 Å². The molecule has 1 aliphatic rings. The van der Waals surface area contributed by atoms with Gasteiger partial charge in [-0.2, -0.15) is 0 Å². The molecule has 1 atom stereocenters. The lowest BCUT2D eigenvalue weighted by molar-refractivity contribution is -0.137. The van der Waals surface area contributed by atoms with E-state index in [9.17, 15) is 4.79 Å². The van der Waals surface area contributed by atoms with Crippen molar-refractivity contribution in [2.45, 2.75) is 19.4 Å². The molecule has 19 heavy (non-hydrogen) atoms. The van der Waals surface area contributed by atoms with Gasteiger partial charge in [-0.1, -0.05) is 12.1 Å². The predicted molar refractivity (Wildman–Crippen MR) is 77.0 cm³/mol. The molecule has 1 saturated heterocycles. The van der Waals surface area contributed by atoms with Crippen LogP contribution in [0.15, 0.2) is 30.3 Å². The molecule has 1 aliphatic heterocycles. The summed E-state index contributed by atoms with van der Waals surface area (Å²) in [6, 6.07) is 8.55. The number of benzene rings is 1. The van der Waals surface area contributed by atoms with Crippen molar-refractivity contribution in [2.75, 3.05) is 25.0 Å². The van der Waals surface area contributed by atoms with E-state index in [0.717, 1.165) is 30.8 Å². The summed E-state index contributed by atoms with van der Waals surface area (Å²) in [5.74, 6) is -0.304. The van der Waals surface area contributed by atoms with Crippen LogP contribution in [0.25, 0.3) is 6.08 Å². The van der Waals surface area contributed by atoms with E-state index in [-0.39, 0.29) is 5.97 Å². The molecular formula is C15H20N2O2. The molecule has 2 rings (SSSR count). The van der Waals surface area contributed by atoms with Gasteiger partial charge in [0.25, 0.3) is 0 Å². The Morgan fingerprint density at radius 3 is 2.89 bits per heavy atom. The van der Waals surface area contributed by atoms with E-state index >= 15 is 0 Å². The summed E-state index contributed by atoms with van der Waals surface area (Å²) in [5, 5.41) is 6.80. The van der Waals surface area contributed by atoms with Crippen LogP contribution in [0.2, 0.25) is 0 Å². The first kappa shape index (κ1) is 13.6. The van der Waals surface area contributed by atoms with Crippen LogP contribution in [-0.2, 0) is 9.53 Å². The van der Waals surface area contributed by atoms with Gasteiger partial charge in [0, 0.05) is 24.4 Å². The SMILES string of the molecule is CCOC(=O)/C=C/c1ccc(N[C@@H]2CCNC2)cc1. The molecule has 0 aromatic heterocycles. The van der Waals surface area contributed by atoms with Crippen LogP contribution in [0.5, 0.6) is 0 Å². The Labute approximate surface area is 113 Å². The monoisotopic (exact) mass is 260 g/mol. The van der Waals surface area contributed by atoms with E-state index in [4.69, 9.17) is 4.74 Å². The summed E-state index contributed by atoms with van der Waals surface area (Å²) in [6.45, 7) is 4.30. The van der Waals surface area contributed by atoms with Crippen LogP contribution in [0, 0.1) is 0 Å². The summed E-state index contributed by atoms with van der Waals surface area (Å²) in [4.78, 5) is 11.2. The van der Waals surface area contributed by atoms with Crippen molar-refractivity contribution < 1.29 is 9.53 Å². The molecule has 0 amide bonds. The average molecular weight is 260 g/mol. The molecule has 4 heteroatoms. The number of hydrogen-bond acceptors (Lipinski definition) is 4. The number of hydrogen-bond donors (Lipinski definition) is 2. The Morgan fingerprint density at radius 1 is 1.47 bits per heavy atom. The molecule has 0 saturated carbocycles. The fraction of sp³-hybridized carbons (Fsp3) is 0.400. The molecule has 0 radical (unpaired) electrons. The van der Waals surface area contributed by atoms with Crippen LogP contribution in [-0.4, -0.2) is 31.7 Å². The topological polar surface area (TPSA) is 50.4 Å². The first-order valence-electron chi connectivity index (χ1n) is 6.70. The number of carbonyl (C=O) groups is 1. The lowest BCUT2D eigenvalue weighted by atomic mass is 10.1. The number of esters is 1. The Hall–Kier alpha value is -1.81. The van der Waals surface area contributed by atoms with Gasteiger partial charge in [0.1, 0.15) is 0 Å². The van der Waals surface area contributed by atoms with E-state index in [1.54, 1.807) is 13.0 Å². The number of anilines is 1. The Bertz CT molecular complexity index is 434. The van der Waals surface area contributed by atoms with Gasteiger partial charge < -0.3 is 15.4 Å². The lowest BCUT2D eigenvalue weighted by Crippen LogP contribution is -2.21. The molecular weight excluding hydrogens is 240 g/mol. The molecule has 102 valence electrons. The van der Waals surface area contributed by atoms with Crippen molar-refractivity contribution >= 4 is 17.7 Å². The molecule has 4 nitrogen and oxygen atoms in total. The van der Waals surface area contributed by atoms with Crippen molar-refractivity contribution in [1.29, 1.82) is 0 Å². The average Bonchev–Trinajstić information content (AvgIpc) is 2.91. The highest BCUT2D eigenvalue weighted by Gasteiger charge is 2.13. The lowest BCUT2D eigenvalue weighted by Gasteiger charge is -2.12. The smallest absolute Gasteiger partial charge is 0.330 e. The van der Waals surface area contributed by atoms with Gasteiger partial charge in [0.2, 0.25) is 0 Å². The standard InChI is InChI=1S/C15H20N2O2/c1-2-19-15(18)8-5-12-3-6-13(7-4-12)17-14-9-10-16-11-14/h3-8,14,16-17H,2,9-11H2,1H3/b8-5+/t14-/m1/s1. The second kappa shape index (κ2) is 6.95. The highest BCUT2D eigenvalue weighted by Crippen LogP contribution is 2.14. The predicted octanol–water partition coefficient (Wildman–Crippen LogP) is 2.04. The second-order valence-corrected chi connectivity index (χ2v) is 4.54. The maximum absolute atomic E-state index is 11.2. The highest BCUT2D eigenvalue weighted by molar-refractivity contribution is 5.87. The van der Waals surface area contributed by atoms with Crippen LogP contribution in [0.4, 0.5) is 5.69 Å². The summed E-state index contributed by atoms with van der Waals surface area (Å²) in [5.41, 5.74) is 2.10. The molecule has 0 unspecified atom stereocenters. The molecule has 0 spiro atoms. The van der Waals surface area contributed by atoms with Gasteiger partial charge in [0.05, 0.1) is 6.61 Å². The minimum atomic E-state index is -0.304. The van der Waals surface area contributed by atoms with E-state index < -0.39 is 0 Å². The third kappa shape index (κ3) is 4.41. The third-order valence-corrected chi connectivity index (χ3v) is 3.04. The zero-order valence-electron chi connectivity index (χ0n) is 11.2. The first-order chi connectivity index (χ1) is 9.28. The fourth-order valence-electron chi connectivity index (χ4n) is 2.06. The summed E-state index contributed by atoms with van der Waals surface area (Å²) < 4.78 is 4.83. The van der Waals surface area contributed by atoms with E-state index in [2.05, 4.69) is 10.6 Å². The Morgan fingerprint density at radius 2 is 2.26 bits per heavy atom. The molecule has 2 N–H and O–H groups in total. The zero-order valence-corrected chi connectivity index (χ0v) is 11.2. The van der Waals surface area contributed by atoms with Crippen molar-refractivity contribution in [3.63, 3.8) is 0 Å². The highest BCUT2D eigenvalue weighted by atomic mass is 16.5. The number of carbonyl (C=O) groups excluding carboxylic acids is 1. The normalized spacial score (nSPS) is 18.7. The largest absolute Gasteiger partial charge is 0.463 e. The Kier molecular flexibility index (Phi) is 4.98. The van der Waals surface area contributed by atoms with Gasteiger partial charge in [-0.25, -0.2) is 4.79 Å². The molecule has 0 aliphatic carbocycles. The summed E-state index contributed by atoms with van der Waals surface area (Å²) in [6.07, 6.45) is 4.37. The minimum Gasteiger partial charge on any atom is -0.463 e. The van der Waals surface area contributed by atoms with Gasteiger partial charge in [-0.3, -0.25) is 0 Å². The van der Waals surface area contributed by atoms with Crippen molar-refractivity contribution in [3.8, 4) is 0 Å². The zero-order chi connectivity index (χ0) is 13.5. The van der Waals surface area contributed by atoms with E-state index in [1.165, 1.54) is 6.08 Å². The van der Waals surface area contributed by atoms with Gasteiger partial charge in [-0.05, 0) is 43.7 Å². The fourth-order valence-corrected chi connectivity index (χ4v) is 2.06. The van der Waals surface area contributed by atoms with E-state index in [1.807, 2.05) is 24.3 Å². The number of rotatable bonds is 5. The second-order valence-electron chi connectivity index (χ2n) is 4.54. The number of ether oxygens (including phenoxy) is 1. The maximum atomic E-state index is 11.2. The van der Waals surface area contributed by atoms with Crippen molar-refractivity contribution in [1.82, 2.24) is 5.32 Å². The van der Waals surface area contributed by atoms with Crippen LogP contribution >= 0.6 is 0 Å². The summed E-state index contributed by atoms with van der Waals surface area (Å²) >= 11 is 0. The Balaban J connectivity index is 1.88. The van der Waals surface area contributed by atoms with Crippen LogP contribution in [0.3, 0.4) is 0 Å². The number of nitrogens with one attached hydrogen (secondary N) is 2. The third-order valence-electron chi connectivity index (χ3n) is 3.04.